The fourth-order valence-corrected chi connectivity index (χ4v) is 6.21. The molecule has 0 spiro atoms. The van der Waals surface area contributed by atoms with Crippen molar-refractivity contribution in [1.82, 2.24) is 35.5 Å². The van der Waals surface area contributed by atoms with Crippen LogP contribution in [0.2, 0.25) is 0 Å². The smallest absolute Gasteiger partial charge is 0.246 e. The number of aromatic nitrogens is 2. The maximum absolute atomic E-state index is 14.0. The van der Waals surface area contributed by atoms with Crippen molar-refractivity contribution in [2.45, 2.75) is 76.7 Å². The quantitative estimate of drug-likeness (QED) is 0.334. The molecule has 13 heteroatoms. The lowest BCUT2D eigenvalue weighted by Crippen LogP contribution is -2.58. The van der Waals surface area contributed by atoms with E-state index in [0.717, 1.165) is 5.56 Å². The summed E-state index contributed by atoms with van der Waals surface area (Å²) >= 11 is 0. The van der Waals surface area contributed by atoms with E-state index in [1.165, 1.54) is 9.80 Å². The van der Waals surface area contributed by atoms with Gasteiger partial charge in [-0.25, -0.2) is 0 Å². The second-order valence-electron chi connectivity index (χ2n) is 12.6. The molecule has 3 heterocycles. The molecule has 0 radical (unpaired) electrons. The van der Waals surface area contributed by atoms with Gasteiger partial charge < -0.3 is 30.9 Å². The van der Waals surface area contributed by atoms with Gasteiger partial charge in [0.05, 0.1) is 24.6 Å². The first kappa shape index (κ1) is 32.1. The van der Waals surface area contributed by atoms with Crippen LogP contribution in [0.4, 0.5) is 0 Å². The minimum atomic E-state index is -1.01. The van der Waals surface area contributed by atoms with Gasteiger partial charge in [-0.1, -0.05) is 50.6 Å². The molecule has 2 aromatic rings. The zero-order valence-electron chi connectivity index (χ0n) is 25.9. The highest BCUT2D eigenvalue weighted by Gasteiger charge is 2.52. The van der Waals surface area contributed by atoms with Gasteiger partial charge in [-0.15, -0.1) is 0 Å². The van der Waals surface area contributed by atoms with Crippen molar-refractivity contribution in [3.05, 3.63) is 54.4 Å². The average Bonchev–Trinajstić information content (AvgIpc) is 3.41. The van der Waals surface area contributed by atoms with Crippen LogP contribution in [-0.2, 0) is 36.9 Å². The fraction of sp³-hybridized carbons (Fsp3) is 0.562. The first-order valence-electron chi connectivity index (χ1n) is 15.8. The molecule has 0 unspecified atom stereocenters. The Bertz CT molecular complexity index is 1380. The maximum atomic E-state index is 14.0. The molecular weight excluding hydrogens is 578 g/mol. The molecule has 1 saturated carbocycles. The van der Waals surface area contributed by atoms with Crippen LogP contribution in [-0.4, -0.2) is 105 Å². The second-order valence-corrected chi connectivity index (χ2v) is 12.6. The summed E-state index contributed by atoms with van der Waals surface area (Å²) < 4.78 is 1.70. The lowest BCUT2D eigenvalue weighted by molar-refractivity contribution is -0.144. The first-order chi connectivity index (χ1) is 21.6. The highest BCUT2D eigenvalue weighted by molar-refractivity contribution is 5.96. The van der Waals surface area contributed by atoms with Crippen LogP contribution in [0, 0.1) is 11.3 Å². The number of nitrogens with zero attached hydrogens (tertiary/aromatic N) is 4. The van der Waals surface area contributed by atoms with Crippen molar-refractivity contribution in [2.75, 3.05) is 26.2 Å². The molecule has 242 valence electrons. The highest BCUT2D eigenvalue weighted by atomic mass is 16.3. The Kier molecular flexibility index (Phi) is 9.86. The summed E-state index contributed by atoms with van der Waals surface area (Å²) in [5.41, 5.74) is 0.126. The van der Waals surface area contributed by atoms with Gasteiger partial charge in [0.2, 0.25) is 29.5 Å². The van der Waals surface area contributed by atoms with Gasteiger partial charge in [-0.3, -0.25) is 28.7 Å². The zero-order valence-corrected chi connectivity index (χ0v) is 25.9. The molecule has 1 aromatic heterocycles. The number of fused-ring (bicyclic) bond motifs is 1. The van der Waals surface area contributed by atoms with E-state index >= 15 is 0 Å². The van der Waals surface area contributed by atoms with E-state index in [0.29, 0.717) is 25.8 Å². The molecule has 2 aliphatic heterocycles. The number of aliphatic hydroxyl groups excluding tert-OH is 1. The van der Waals surface area contributed by atoms with Crippen molar-refractivity contribution in [3.63, 3.8) is 0 Å². The van der Waals surface area contributed by atoms with E-state index in [2.05, 4.69) is 21.0 Å². The largest absolute Gasteiger partial charge is 0.391 e. The Hall–Kier alpha value is -4.26. The Morgan fingerprint density at radius 1 is 1.09 bits per heavy atom. The number of carbonyl (C=O) groups excluding carboxylic acids is 5. The van der Waals surface area contributed by atoms with E-state index in [-0.39, 0.29) is 50.8 Å². The third-order valence-electron chi connectivity index (χ3n) is 9.21. The van der Waals surface area contributed by atoms with Crippen molar-refractivity contribution < 1.29 is 29.1 Å². The summed E-state index contributed by atoms with van der Waals surface area (Å²) in [5, 5.41) is 23.3. The summed E-state index contributed by atoms with van der Waals surface area (Å²) in [5.74, 6) is -2.50. The number of carbonyl (C=O) groups is 5. The van der Waals surface area contributed by atoms with Crippen molar-refractivity contribution in [3.8, 4) is 0 Å². The van der Waals surface area contributed by atoms with Crippen LogP contribution in [0.1, 0.15) is 45.1 Å². The summed E-state index contributed by atoms with van der Waals surface area (Å²) in [6.07, 6.45) is 4.58. The van der Waals surface area contributed by atoms with Gasteiger partial charge in [0.15, 0.2) is 0 Å². The minimum Gasteiger partial charge on any atom is -0.391 e. The van der Waals surface area contributed by atoms with Crippen LogP contribution in [0.25, 0.3) is 0 Å². The van der Waals surface area contributed by atoms with E-state index < -0.39 is 53.3 Å². The number of hydrogen-bond acceptors (Lipinski definition) is 7. The maximum Gasteiger partial charge on any atom is 0.246 e. The molecule has 5 amide bonds. The Morgan fingerprint density at radius 2 is 1.84 bits per heavy atom. The van der Waals surface area contributed by atoms with E-state index in [1.807, 2.05) is 44.2 Å². The van der Waals surface area contributed by atoms with Crippen LogP contribution in [0.15, 0.2) is 48.8 Å². The number of rotatable bonds is 7. The molecule has 4 N–H and O–H groups in total. The number of nitrogens with one attached hydrogen (secondary N) is 3. The third-order valence-corrected chi connectivity index (χ3v) is 9.21. The molecule has 3 aliphatic rings. The highest BCUT2D eigenvalue weighted by Crippen LogP contribution is 2.48. The van der Waals surface area contributed by atoms with Crippen molar-refractivity contribution >= 4 is 29.5 Å². The van der Waals surface area contributed by atoms with E-state index in [1.54, 1.807) is 23.1 Å². The molecule has 5 atom stereocenters. The summed E-state index contributed by atoms with van der Waals surface area (Å²) in [6, 6.07) is 8.09. The summed E-state index contributed by atoms with van der Waals surface area (Å²) in [7, 11) is 0. The number of aliphatic hydroxyl groups is 1. The van der Waals surface area contributed by atoms with Crippen LogP contribution >= 0.6 is 0 Å². The van der Waals surface area contributed by atoms with Gasteiger partial charge in [0, 0.05) is 44.9 Å². The van der Waals surface area contributed by atoms with Crippen molar-refractivity contribution in [2.24, 2.45) is 11.3 Å². The minimum absolute atomic E-state index is 0.0129. The molecule has 5 rings (SSSR count). The first-order valence-corrected chi connectivity index (χ1v) is 15.8. The number of hydrogen-bond donors (Lipinski definition) is 4. The summed E-state index contributed by atoms with van der Waals surface area (Å²) in [4.78, 5) is 71.3. The SMILES string of the molecule is CC[C@H](C)[C@@H]1NC(=O)CN(C(=O)C2(Cn3cccn3)CC2)CCNC(=O)[C@H](Cc2ccccc2)NC(=O)[C@@H]2C[C@@H](O)CN2C1=O. The average molecular weight is 622 g/mol. The van der Waals surface area contributed by atoms with Gasteiger partial charge in [0.1, 0.15) is 18.1 Å². The van der Waals surface area contributed by atoms with Gasteiger partial charge in [0.25, 0.3) is 0 Å². The molecule has 3 fully saturated rings. The van der Waals surface area contributed by atoms with E-state index in [9.17, 15) is 29.1 Å². The molecule has 0 bridgehead atoms. The lowest BCUT2D eigenvalue weighted by atomic mass is 9.97. The molecule has 45 heavy (non-hydrogen) atoms. The van der Waals surface area contributed by atoms with Crippen LogP contribution in [0.3, 0.4) is 0 Å². The molecule has 1 aliphatic carbocycles. The van der Waals surface area contributed by atoms with E-state index in [4.69, 9.17) is 0 Å². The predicted octanol–water partition coefficient (Wildman–Crippen LogP) is -0.158. The van der Waals surface area contributed by atoms with Crippen LogP contribution < -0.4 is 16.0 Å². The number of benzene rings is 1. The Balaban J connectivity index is 1.44. The van der Waals surface area contributed by atoms with Crippen LogP contribution in [0.5, 0.6) is 0 Å². The number of amides is 5. The van der Waals surface area contributed by atoms with Gasteiger partial charge in [-0.2, -0.15) is 5.10 Å². The predicted molar refractivity (Wildman–Crippen MR) is 163 cm³/mol. The van der Waals surface area contributed by atoms with Gasteiger partial charge in [-0.05, 0) is 30.4 Å². The fourth-order valence-electron chi connectivity index (χ4n) is 6.21. The lowest BCUT2D eigenvalue weighted by Gasteiger charge is -2.32. The standard InChI is InChI=1S/C32H43N7O6/c1-3-21(2)27-30(44)39-18-23(40)17-25(39)29(43)35-24(16-22-8-5-4-6-9-22)28(42)33-13-15-37(19-26(41)36-27)31(45)32(10-11-32)20-38-14-7-12-34-38/h4-9,12,14,21,23-25,27,40H,3,10-11,13,15-20H2,1-2H3,(H,33,42)(H,35,43)(H,36,41)/t21-,23+,24-,25-,27-/m0/s1. The topological polar surface area (TPSA) is 166 Å². The molecule has 1 aromatic carbocycles. The zero-order chi connectivity index (χ0) is 32.1. The molecule has 13 nitrogen and oxygen atoms in total. The Labute approximate surface area is 262 Å². The van der Waals surface area contributed by atoms with Crippen molar-refractivity contribution in [1.29, 1.82) is 0 Å². The Morgan fingerprint density at radius 3 is 2.51 bits per heavy atom. The molecule has 2 saturated heterocycles. The van der Waals surface area contributed by atoms with Gasteiger partial charge >= 0.3 is 0 Å². The monoisotopic (exact) mass is 621 g/mol. The summed E-state index contributed by atoms with van der Waals surface area (Å²) in [6.45, 7) is 3.86. The second kappa shape index (κ2) is 13.8. The third kappa shape index (κ3) is 7.52. The molecular formula is C32H43N7O6. The normalized spacial score (nSPS) is 26.6.